The number of hydrogen-bond donors (Lipinski definition) is 1. The molecule has 4 rings (SSSR count). The Hall–Kier alpha value is -3.35. The molecule has 1 fully saturated rings. The maximum absolute atomic E-state index is 12.7. The van der Waals surface area contributed by atoms with E-state index in [9.17, 15) is 14.7 Å². The highest BCUT2D eigenvalue weighted by molar-refractivity contribution is 6.34. The predicted molar refractivity (Wildman–Crippen MR) is 135 cm³/mol. The van der Waals surface area contributed by atoms with Gasteiger partial charge in [-0.05, 0) is 41.0 Å². The molecule has 0 bridgehead atoms. The van der Waals surface area contributed by atoms with Gasteiger partial charge in [0.15, 0.2) is 6.10 Å². The average molecular weight is 478 g/mol. The molecule has 1 atom stereocenters. The lowest BCUT2D eigenvalue weighted by Gasteiger charge is -2.37. The molecule has 0 spiro atoms. The van der Waals surface area contributed by atoms with E-state index in [1.807, 2.05) is 42.5 Å². The number of halogens is 1. The normalized spacial score (nSPS) is 14.6. The second-order valence-corrected chi connectivity index (χ2v) is 8.97. The van der Waals surface area contributed by atoms with Gasteiger partial charge >= 0.3 is 0 Å². The third kappa shape index (κ3) is 5.08. The summed E-state index contributed by atoms with van der Waals surface area (Å²) in [6.07, 6.45) is -1.13. The van der Waals surface area contributed by atoms with Crippen LogP contribution in [-0.2, 0) is 4.79 Å². The van der Waals surface area contributed by atoms with Gasteiger partial charge in [0, 0.05) is 46.0 Å². The molecule has 1 heterocycles. The summed E-state index contributed by atoms with van der Waals surface area (Å²) in [6.45, 7) is 2.50. The lowest BCUT2D eigenvalue weighted by Crippen LogP contribution is -2.50. The van der Waals surface area contributed by atoms with E-state index in [0.717, 1.165) is 16.8 Å². The van der Waals surface area contributed by atoms with Gasteiger partial charge in [0.05, 0.1) is 10.6 Å². The van der Waals surface area contributed by atoms with Crippen LogP contribution in [0.2, 0.25) is 5.02 Å². The van der Waals surface area contributed by atoms with E-state index in [0.29, 0.717) is 42.3 Å². The number of aliphatic hydroxyl groups is 1. The summed E-state index contributed by atoms with van der Waals surface area (Å²) in [5.41, 5.74) is 4.12. The van der Waals surface area contributed by atoms with Crippen molar-refractivity contribution in [3.8, 4) is 11.1 Å². The molecule has 6 nitrogen and oxygen atoms in total. The molecule has 0 radical (unpaired) electrons. The average Bonchev–Trinajstić information content (AvgIpc) is 2.88. The van der Waals surface area contributed by atoms with Gasteiger partial charge in [-0.25, -0.2) is 0 Å². The van der Waals surface area contributed by atoms with Crippen molar-refractivity contribution < 1.29 is 14.7 Å². The van der Waals surface area contributed by atoms with E-state index in [-0.39, 0.29) is 11.8 Å². The predicted octanol–water partition coefficient (Wildman–Crippen LogP) is 4.09. The fourth-order valence-corrected chi connectivity index (χ4v) is 4.37. The van der Waals surface area contributed by atoms with E-state index in [1.165, 1.54) is 4.90 Å². The highest BCUT2D eigenvalue weighted by atomic mass is 35.5. The number of anilines is 1. The van der Waals surface area contributed by atoms with Crippen molar-refractivity contribution in [2.75, 3.05) is 45.2 Å². The molecule has 1 N–H and O–H groups in total. The van der Waals surface area contributed by atoms with Gasteiger partial charge in [-0.3, -0.25) is 9.59 Å². The van der Waals surface area contributed by atoms with Gasteiger partial charge in [0.1, 0.15) is 0 Å². The number of rotatable bonds is 5. The van der Waals surface area contributed by atoms with Crippen molar-refractivity contribution in [2.45, 2.75) is 6.10 Å². The molecule has 0 aromatic heterocycles. The Morgan fingerprint density at radius 3 is 2.09 bits per heavy atom. The maximum atomic E-state index is 12.7. The first-order valence-electron chi connectivity index (χ1n) is 11.2. The summed E-state index contributed by atoms with van der Waals surface area (Å²) in [7, 11) is 3.40. The Morgan fingerprint density at radius 1 is 0.882 bits per heavy atom. The summed E-state index contributed by atoms with van der Waals surface area (Å²) in [6, 6.07) is 22.7. The molecule has 1 aliphatic rings. The first-order chi connectivity index (χ1) is 16.3. The number of piperazine rings is 1. The van der Waals surface area contributed by atoms with Crippen molar-refractivity contribution in [1.82, 2.24) is 9.80 Å². The minimum Gasteiger partial charge on any atom is -0.378 e. The number of benzene rings is 3. The largest absolute Gasteiger partial charge is 0.378 e. The molecular weight excluding hydrogens is 450 g/mol. The molecular formula is C27H28ClN3O3. The number of amides is 2. The van der Waals surface area contributed by atoms with E-state index in [1.54, 1.807) is 37.2 Å². The van der Waals surface area contributed by atoms with E-state index in [4.69, 9.17) is 11.6 Å². The third-order valence-corrected chi connectivity index (χ3v) is 6.42. The molecule has 1 unspecified atom stereocenters. The highest BCUT2D eigenvalue weighted by Gasteiger charge is 2.27. The quantitative estimate of drug-likeness (QED) is 0.601. The second-order valence-electron chi connectivity index (χ2n) is 8.57. The molecule has 34 heavy (non-hydrogen) atoms. The number of hydrogen-bond acceptors (Lipinski definition) is 4. The number of aliphatic hydroxyl groups excluding tert-OH is 1. The van der Waals surface area contributed by atoms with Crippen molar-refractivity contribution in [2.24, 2.45) is 0 Å². The Labute approximate surface area is 205 Å². The summed E-state index contributed by atoms with van der Waals surface area (Å²) in [5, 5.41) is 10.9. The molecule has 0 aliphatic carbocycles. The summed E-state index contributed by atoms with van der Waals surface area (Å²) in [5.74, 6) is -0.380. The van der Waals surface area contributed by atoms with Gasteiger partial charge in [-0.2, -0.15) is 0 Å². The first-order valence-corrected chi connectivity index (χ1v) is 11.6. The van der Waals surface area contributed by atoms with Crippen LogP contribution < -0.4 is 4.90 Å². The number of carbonyl (C=O) groups is 2. The fourth-order valence-electron chi connectivity index (χ4n) is 4.11. The van der Waals surface area contributed by atoms with E-state index < -0.39 is 6.10 Å². The van der Waals surface area contributed by atoms with Crippen LogP contribution in [0.3, 0.4) is 0 Å². The van der Waals surface area contributed by atoms with Crippen LogP contribution in [0.5, 0.6) is 0 Å². The van der Waals surface area contributed by atoms with Crippen LogP contribution in [-0.4, -0.2) is 67.0 Å². The summed E-state index contributed by atoms with van der Waals surface area (Å²) >= 11 is 6.37. The highest BCUT2D eigenvalue weighted by Crippen LogP contribution is 2.28. The zero-order valence-corrected chi connectivity index (χ0v) is 20.1. The van der Waals surface area contributed by atoms with Crippen molar-refractivity contribution >= 4 is 29.1 Å². The molecule has 1 aliphatic heterocycles. The van der Waals surface area contributed by atoms with E-state index in [2.05, 4.69) is 17.0 Å². The fraction of sp³-hybridized carbons (Fsp3) is 0.259. The minimum absolute atomic E-state index is 0.124. The molecule has 7 heteroatoms. The number of nitrogens with zero attached hydrogens (tertiary/aromatic N) is 3. The molecule has 1 saturated heterocycles. The Kier molecular flexibility index (Phi) is 7.20. The molecule has 3 aromatic carbocycles. The summed E-state index contributed by atoms with van der Waals surface area (Å²) < 4.78 is 0. The second kappa shape index (κ2) is 10.3. The topological polar surface area (TPSA) is 64.1 Å². The van der Waals surface area contributed by atoms with Gasteiger partial charge in [0.25, 0.3) is 11.8 Å². The van der Waals surface area contributed by atoms with Crippen LogP contribution in [0, 0.1) is 0 Å². The molecule has 0 saturated carbocycles. The van der Waals surface area contributed by atoms with Crippen LogP contribution in [0.1, 0.15) is 22.0 Å². The monoisotopic (exact) mass is 477 g/mol. The van der Waals surface area contributed by atoms with Crippen LogP contribution in [0.25, 0.3) is 11.1 Å². The first kappa shape index (κ1) is 23.8. The van der Waals surface area contributed by atoms with Gasteiger partial charge in [-0.1, -0.05) is 60.1 Å². The lowest BCUT2D eigenvalue weighted by molar-refractivity contribution is -0.140. The van der Waals surface area contributed by atoms with E-state index >= 15 is 0 Å². The van der Waals surface area contributed by atoms with Gasteiger partial charge in [0.2, 0.25) is 0 Å². The standard InChI is InChI=1S/C27H28ClN3O3/c1-29(2)26(33)23-13-10-21(18-24(23)28)19-8-11-22(12-9-19)30-14-16-31(17-15-30)27(34)25(32)20-6-4-3-5-7-20/h3-13,18,25,32H,14-17H2,1-2H3. The maximum Gasteiger partial charge on any atom is 0.256 e. The zero-order chi connectivity index (χ0) is 24.2. The van der Waals surface area contributed by atoms with Crippen LogP contribution in [0.4, 0.5) is 5.69 Å². The SMILES string of the molecule is CN(C)C(=O)c1ccc(-c2ccc(N3CCN(C(=O)C(O)c4ccccc4)CC3)cc2)cc1Cl. The number of carbonyl (C=O) groups excluding carboxylic acids is 2. The lowest BCUT2D eigenvalue weighted by atomic mass is 10.0. The third-order valence-electron chi connectivity index (χ3n) is 6.11. The van der Waals surface area contributed by atoms with Crippen molar-refractivity contribution in [1.29, 1.82) is 0 Å². The van der Waals surface area contributed by atoms with Crippen molar-refractivity contribution in [3.05, 3.63) is 88.9 Å². The zero-order valence-electron chi connectivity index (χ0n) is 19.3. The van der Waals surface area contributed by atoms with Crippen molar-refractivity contribution in [3.63, 3.8) is 0 Å². The Bertz CT molecular complexity index is 1160. The minimum atomic E-state index is -1.13. The van der Waals surface area contributed by atoms with Gasteiger partial charge < -0.3 is 19.8 Å². The van der Waals surface area contributed by atoms with Crippen LogP contribution >= 0.6 is 11.6 Å². The smallest absolute Gasteiger partial charge is 0.256 e. The molecule has 176 valence electrons. The summed E-state index contributed by atoms with van der Waals surface area (Å²) in [4.78, 5) is 30.4. The Morgan fingerprint density at radius 2 is 1.50 bits per heavy atom. The molecule has 2 amide bonds. The molecule has 3 aromatic rings. The van der Waals surface area contributed by atoms with Crippen LogP contribution in [0.15, 0.2) is 72.8 Å². The van der Waals surface area contributed by atoms with Gasteiger partial charge in [-0.15, -0.1) is 0 Å². The Balaban J connectivity index is 1.38.